The van der Waals surface area contributed by atoms with E-state index in [1.807, 2.05) is 18.5 Å². The first kappa shape index (κ1) is 11.2. The van der Waals surface area contributed by atoms with Crippen LogP contribution in [-0.2, 0) is 11.3 Å². The maximum atomic E-state index is 11.9. The van der Waals surface area contributed by atoms with Crippen molar-refractivity contribution in [2.75, 3.05) is 6.54 Å². The predicted molar refractivity (Wildman–Crippen MR) is 62.8 cm³/mol. The molecule has 1 amide bonds. The van der Waals surface area contributed by atoms with Crippen LogP contribution in [-0.4, -0.2) is 23.5 Å². The first-order chi connectivity index (χ1) is 7.75. The largest absolute Gasteiger partial charge is 0.367 e. The van der Waals surface area contributed by atoms with Crippen molar-refractivity contribution in [1.29, 1.82) is 0 Å². The molecule has 1 aliphatic rings. The third-order valence-electron chi connectivity index (χ3n) is 3.11. The summed E-state index contributed by atoms with van der Waals surface area (Å²) in [5.74, 6) is 0.761. The molecule has 1 aliphatic heterocycles. The van der Waals surface area contributed by atoms with Gasteiger partial charge in [0.1, 0.15) is 0 Å². The molecule has 16 heavy (non-hydrogen) atoms. The van der Waals surface area contributed by atoms with Gasteiger partial charge in [-0.05, 0) is 36.9 Å². The Balaban J connectivity index is 1.79. The summed E-state index contributed by atoms with van der Waals surface area (Å²) in [6.45, 7) is 3.76. The van der Waals surface area contributed by atoms with E-state index in [0.717, 1.165) is 18.5 Å². The number of nitrogens with one attached hydrogen (secondary N) is 3. The van der Waals surface area contributed by atoms with E-state index in [-0.39, 0.29) is 11.9 Å². The van der Waals surface area contributed by atoms with Crippen LogP contribution in [0.1, 0.15) is 25.3 Å². The van der Waals surface area contributed by atoms with E-state index in [0.29, 0.717) is 12.5 Å². The van der Waals surface area contributed by atoms with Crippen molar-refractivity contribution in [3.05, 3.63) is 24.0 Å². The van der Waals surface area contributed by atoms with Crippen LogP contribution in [0, 0.1) is 5.92 Å². The Morgan fingerprint density at radius 1 is 1.62 bits per heavy atom. The van der Waals surface area contributed by atoms with E-state index in [2.05, 4.69) is 22.5 Å². The van der Waals surface area contributed by atoms with Gasteiger partial charge in [-0.2, -0.15) is 0 Å². The predicted octanol–water partition coefficient (Wildman–Crippen LogP) is 1.02. The quantitative estimate of drug-likeness (QED) is 0.713. The second-order valence-corrected chi connectivity index (χ2v) is 4.57. The molecule has 0 radical (unpaired) electrons. The molecule has 4 heteroatoms. The molecule has 88 valence electrons. The van der Waals surface area contributed by atoms with E-state index in [9.17, 15) is 4.79 Å². The Kier molecular flexibility index (Phi) is 3.62. The van der Waals surface area contributed by atoms with Gasteiger partial charge in [-0.25, -0.2) is 0 Å². The van der Waals surface area contributed by atoms with E-state index in [1.54, 1.807) is 0 Å². The lowest BCUT2D eigenvalue weighted by Crippen LogP contribution is -2.48. The van der Waals surface area contributed by atoms with Gasteiger partial charge in [0.2, 0.25) is 5.91 Å². The van der Waals surface area contributed by atoms with Crippen molar-refractivity contribution in [1.82, 2.24) is 15.6 Å². The van der Waals surface area contributed by atoms with Crippen LogP contribution < -0.4 is 10.6 Å². The van der Waals surface area contributed by atoms with Gasteiger partial charge in [-0.1, -0.05) is 6.92 Å². The molecule has 1 saturated heterocycles. The second kappa shape index (κ2) is 5.16. The number of carbonyl (C=O) groups is 1. The standard InChI is InChI=1S/C12H19N3O/c1-9-2-5-14-11(6-9)12(16)15-8-10-3-4-13-7-10/h3-4,7,9,11,13-14H,2,5-6,8H2,1H3,(H,15,16). The van der Waals surface area contributed by atoms with Crippen molar-refractivity contribution in [2.24, 2.45) is 5.92 Å². The van der Waals surface area contributed by atoms with E-state index in [4.69, 9.17) is 0 Å². The molecule has 2 heterocycles. The van der Waals surface area contributed by atoms with Gasteiger partial charge in [0.05, 0.1) is 6.04 Å². The molecule has 3 N–H and O–H groups in total. The monoisotopic (exact) mass is 221 g/mol. The molecule has 1 aromatic heterocycles. The number of aromatic amines is 1. The zero-order valence-electron chi connectivity index (χ0n) is 9.62. The highest BCUT2D eigenvalue weighted by Crippen LogP contribution is 2.15. The highest BCUT2D eigenvalue weighted by atomic mass is 16.2. The highest BCUT2D eigenvalue weighted by Gasteiger charge is 2.23. The molecular weight excluding hydrogens is 202 g/mol. The lowest BCUT2D eigenvalue weighted by molar-refractivity contribution is -0.124. The molecule has 2 rings (SSSR count). The third-order valence-corrected chi connectivity index (χ3v) is 3.11. The van der Waals surface area contributed by atoms with Crippen LogP contribution in [0.5, 0.6) is 0 Å². The molecule has 1 aromatic rings. The fourth-order valence-electron chi connectivity index (χ4n) is 2.09. The van der Waals surface area contributed by atoms with E-state index >= 15 is 0 Å². The number of rotatable bonds is 3. The Bertz CT molecular complexity index is 334. The zero-order chi connectivity index (χ0) is 11.4. The maximum absolute atomic E-state index is 11.9. The van der Waals surface area contributed by atoms with Gasteiger partial charge >= 0.3 is 0 Å². The van der Waals surface area contributed by atoms with Crippen LogP contribution in [0.2, 0.25) is 0 Å². The van der Waals surface area contributed by atoms with Crippen molar-refractivity contribution in [3.8, 4) is 0 Å². The summed E-state index contributed by atoms with van der Waals surface area (Å²) in [7, 11) is 0. The first-order valence-electron chi connectivity index (χ1n) is 5.88. The number of aromatic nitrogens is 1. The number of carbonyl (C=O) groups excluding carboxylic acids is 1. The Morgan fingerprint density at radius 3 is 3.19 bits per heavy atom. The number of hydrogen-bond donors (Lipinski definition) is 3. The summed E-state index contributed by atoms with van der Waals surface area (Å²) in [4.78, 5) is 14.8. The summed E-state index contributed by atoms with van der Waals surface area (Å²) in [5, 5.41) is 6.21. The lowest BCUT2D eigenvalue weighted by atomic mass is 9.94. The van der Waals surface area contributed by atoms with Gasteiger partial charge in [-0.3, -0.25) is 4.79 Å². The normalized spacial score (nSPS) is 25.3. The van der Waals surface area contributed by atoms with Crippen molar-refractivity contribution in [2.45, 2.75) is 32.4 Å². The van der Waals surface area contributed by atoms with Gasteiger partial charge in [0.15, 0.2) is 0 Å². The summed E-state index contributed by atoms with van der Waals surface area (Å²) in [5.41, 5.74) is 1.11. The van der Waals surface area contributed by atoms with Gasteiger partial charge in [0, 0.05) is 18.9 Å². The number of hydrogen-bond acceptors (Lipinski definition) is 2. The second-order valence-electron chi connectivity index (χ2n) is 4.57. The minimum absolute atomic E-state index is 0.0114. The minimum Gasteiger partial charge on any atom is -0.367 e. The average Bonchev–Trinajstić information content (AvgIpc) is 2.78. The molecule has 4 nitrogen and oxygen atoms in total. The number of amides is 1. The van der Waals surface area contributed by atoms with Crippen LogP contribution in [0.15, 0.2) is 18.5 Å². The zero-order valence-corrected chi connectivity index (χ0v) is 9.62. The molecule has 2 unspecified atom stereocenters. The SMILES string of the molecule is CC1CCNC(C(=O)NCc2cc[nH]c2)C1. The summed E-state index contributed by atoms with van der Waals surface area (Å²) < 4.78 is 0. The third kappa shape index (κ3) is 2.85. The average molecular weight is 221 g/mol. The summed E-state index contributed by atoms with van der Waals surface area (Å²) in [6, 6.07) is 1.96. The van der Waals surface area contributed by atoms with Gasteiger partial charge < -0.3 is 15.6 Å². The molecule has 0 saturated carbocycles. The van der Waals surface area contributed by atoms with Crippen LogP contribution >= 0.6 is 0 Å². The molecule has 0 spiro atoms. The van der Waals surface area contributed by atoms with E-state index < -0.39 is 0 Å². The smallest absolute Gasteiger partial charge is 0.237 e. The van der Waals surface area contributed by atoms with Gasteiger partial charge in [0.25, 0.3) is 0 Å². The molecule has 0 bridgehead atoms. The Labute approximate surface area is 95.8 Å². The molecule has 1 fully saturated rings. The minimum atomic E-state index is -0.0114. The Hall–Kier alpha value is -1.29. The van der Waals surface area contributed by atoms with Crippen molar-refractivity contribution < 1.29 is 4.79 Å². The fourth-order valence-corrected chi connectivity index (χ4v) is 2.09. The molecule has 0 aliphatic carbocycles. The van der Waals surface area contributed by atoms with Crippen LogP contribution in [0.3, 0.4) is 0 Å². The topological polar surface area (TPSA) is 56.9 Å². The number of piperidine rings is 1. The van der Waals surface area contributed by atoms with Crippen LogP contribution in [0.25, 0.3) is 0 Å². The summed E-state index contributed by atoms with van der Waals surface area (Å²) in [6.07, 6.45) is 5.88. The molecular formula is C12H19N3O. The van der Waals surface area contributed by atoms with Gasteiger partial charge in [-0.15, -0.1) is 0 Å². The highest BCUT2D eigenvalue weighted by molar-refractivity contribution is 5.81. The molecule has 2 atom stereocenters. The van der Waals surface area contributed by atoms with E-state index in [1.165, 1.54) is 6.42 Å². The van der Waals surface area contributed by atoms with Crippen molar-refractivity contribution in [3.63, 3.8) is 0 Å². The summed E-state index contributed by atoms with van der Waals surface area (Å²) >= 11 is 0. The first-order valence-corrected chi connectivity index (χ1v) is 5.88. The maximum Gasteiger partial charge on any atom is 0.237 e. The lowest BCUT2D eigenvalue weighted by Gasteiger charge is -2.27. The van der Waals surface area contributed by atoms with Crippen LogP contribution in [0.4, 0.5) is 0 Å². The molecule has 0 aromatic carbocycles. The Morgan fingerprint density at radius 2 is 2.50 bits per heavy atom. The fraction of sp³-hybridized carbons (Fsp3) is 0.583. The number of H-pyrrole nitrogens is 1. The van der Waals surface area contributed by atoms with Crippen molar-refractivity contribution >= 4 is 5.91 Å².